The number of rotatable bonds is 5. The van der Waals surface area contributed by atoms with Crippen LogP contribution in [0.4, 0.5) is 0 Å². The molecule has 0 heterocycles. The molecular formula is C10H22N2S. The van der Waals surface area contributed by atoms with Crippen molar-refractivity contribution in [3.8, 4) is 0 Å². The van der Waals surface area contributed by atoms with Gasteiger partial charge in [0.15, 0.2) is 0 Å². The minimum atomic E-state index is 0.0865. The quantitative estimate of drug-likeness (QED) is 0.594. The van der Waals surface area contributed by atoms with Gasteiger partial charge in [-0.05, 0) is 26.3 Å². The van der Waals surface area contributed by atoms with E-state index >= 15 is 0 Å². The molecule has 0 aromatic rings. The third kappa shape index (κ3) is 3.61. The first kappa shape index (κ1) is 12.8. The van der Waals surface area contributed by atoms with E-state index in [-0.39, 0.29) is 11.0 Å². The molecular weight excluding hydrogens is 180 g/mol. The summed E-state index contributed by atoms with van der Waals surface area (Å²) in [6.07, 6.45) is 0. The van der Waals surface area contributed by atoms with Gasteiger partial charge in [-0.3, -0.25) is 0 Å². The van der Waals surface area contributed by atoms with Gasteiger partial charge in [0.25, 0.3) is 0 Å². The summed E-state index contributed by atoms with van der Waals surface area (Å²) in [6, 6.07) is 0. The van der Waals surface area contributed by atoms with Crippen LogP contribution in [0.25, 0.3) is 0 Å². The second-order valence-electron chi connectivity index (χ2n) is 4.56. The van der Waals surface area contributed by atoms with Crippen LogP contribution in [0.15, 0.2) is 11.6 Å². The Bertz CT molecular complexity index is 185. The summed E-state index contributed by atoms with van der Waals surface area (Å²) in [7, 11) is 1.98. The van der Waals surface area contributed by atoms with Crippen molar-refractivity contribution in [3.05, 3.63) is 11.6 Å². The molecule has 0 unspecified atom stereocenters. The number of hydrogen-bond donors (Lipinski definition) is 3. The average molecular weight is 202 g/mol. The van der Waals surface area contributed by atoms with E-state index in [1.54, 1.807) is 0 Å². The summed E-state index contributed by atoms with van der Waals surface area (Å²) in [5.74, 6) is 0. The fraction of sp³-hybridized carbons (Fsp3) is 0.800. The van der Waals surface area contributed by atoms with Gasteiger partial charge in [0.05, 0.1) is 5.03 Å². The lowest BCUT2D eigenvalue weighted by molar-refractivity contribution is 0.165. The minimum Gasteiger partial charge on any atom is -0.380 e. The molecule has 0 spiro atoms. The lowest BCUT2D eigenvalue weighted by Crippen LogP contribution is -2.53. The Balaban J connectivity index is 4.30. The largest absolute Gasteiger partial charge is 0.380 e. The van der Waals surface area contributed by atoms with E-state index in [0.29, 0.717) is 0 Å². The van der Waals surface area contributed by atoms with E-state index in [0.717, 1.165) is 11.6 Å². The zero-order valence-corrected chi connectivity index (χ0v) is 10.3. The molecule has 0 aliphatic rings. The first-order valence-electron chi connectivity index (χ1n) is 4.53. The molecule has 0 saturated carbocycles. The molecule has 0 aliphatic carbocycles. The zero-order chi connectivity index (χ0) is 10.7. The molecule has 2 N–H and O–H groups in total. The van der Waals surface area contributed by atoms with Crippen LogP contribution in [-0.2, 0) is 0 Å². The van der Waals surface area contributed by atoms with E-state index in [1.807, 2.05) is 7.05 Å². The van der Waals surface area contributed by atoms with E-state index in [1.165, 1.54) is 0 Å². The van der Waals surface area contributed by atoms with Crippen molar-refractivity contribution in [2.75, 3.05) is 13.6 Å². The Hall–Kier alpha value is -0.150. The van der Waals surface area contributed by atoms with Crippen LogP contribution >= 0.6 is 12.6 Å². The molecule has 3 heteroatoms. The van der Waals surface area contributed by atoms with Gasteiger partial charge in [-0.25, -0.2) is 0 Å². The van der Waals surface area contributed by atoms with E-state index in [4.69, 9.17) is 0 Å². The fourth-order valence-electron chi connectivity index (χ4n) is 0.882. The van der Waals surface area contributed by atoms with Crippen LogP contribution in [-0.4, -0.2) is 19.1 Å². The minimum absolute atomic E-state index is 0.0865. The highest BCUT2D eigenvalue weighted by molar-refractivity contribution is 7.84. The second-order valence-corrected chi connectivity index (χ2v) is 5.10. The first-order valence-corrected chi connectivity index (χ1v) is 4.98. The van der Waals surface area contributed by atoms with Crippen LogP contribution in [0, 0.1) is 5.41 Å². The standard InChI is InChI=1S/C10H22N2S/c1-8(13)12-7-9(2,3)10(4,5)11-6/h11-13H,1,7H2,2-6H3. The number of nitrogens with one attached hydrogen (secondary N) is 2. The Morgan fingerprint density at radius 1 is 1.31 bits per heavy atom. The van der Waals surface area contributed by atoms with Crippen molar-refractivity contribution >= 4 is 12.6 Å². The first-order chi connectivity index (χ1) is 5.73. The molecule has 0 bridgehead atoms. The van der Waals surface area contributed by atoms with Crippen molar-refractivity contribution in [1.82, 2.24) is 10.6 Å². The molecule has 0 amide bonds. The maximum Gasteiger partial charge on any atom is 0.0577 e. The lowest BCUT2D eigenvalue weighted by Gasteiger charge is -2.41. The van der Waals surface area contributed by atoms with Crippen molar-refractivity contribution < 1.29 is 0 Å². The predicted octanol–water partition coefficient (Wildman–Crippen LogP) is 2.00. The Labute approximate surface area is 87.6 Å². The zero-order valence-electron chi connectivity index (χ0n) is 9.36. The van der Waals surface area contributed by atoms with E-state index in [9.17, 15) is 0 Å². The molecule has 78 valence electrons. The molecule has 0 radical (unpaired) electrons. The van der Waals surface area contributed by atoms with Gasteiger partial charge in [0.1, 0.15) is 0 Å². The Kier molecular flexibility index (Phi) is 4.33. The summed E-state index contributed by atoms with van der Waals surface area (Å²) in [5, 5.41) is 7.19. The van der Waals surface area contributed by atoms with Crippen LogP contribution < -0.4 is 10.6 Å². The Morgan fingerprint density at radius 3 is 2.08 bits per heavy atom. The summed E-state index contributed by atoms with van der Waals surface area (Å²) >= 11 is 4.11. The van der Waals surface area contributed by atoms with Crippen molar-refractivity contribution in [1.29, 1.82) is 0 Å². The highest BCUT2D eigenvalue weighted by atomic mass is 32.1. The molecule has 2 nitrogen and oxygen atoms in total. The van der Waals surface area contributed by atoms with Gasteiger partial charge in [0.2, 0.25) is 0 Å². The van der Waals surface area contributed by atoms with E-state index < -0.39 is 0 Å². The Morgan fingerprint density at radius 2 is 1.77 bits per heavy atom. The molecule has 0 aliphatic heterocycles. The van der Waals surface area contributed by atoms with Crippen LogP contribution in [0.3, 0.4) is 0 Å². The van der Waals surface area contributed by atoms with Crippen LogP contribution in [0.1, 0.15) is 27.7 Å². The van der Waals surface area contributed by atoms with Gasteiger partial charge in [-0.2, -0.15) is 0 Å². The molecule has 0 aromatic heterocycles. The van der Waals surface area contributed by atoms with Crippen molar-refractivity contribution in [2.24, 2.45) is 5.41 Å². The third-order valence-corrected chi connectivity index (χ3v) is 3.21. The molecule has 0 rings (SSSR count). The fourth-order valence-corrected chi connectivity index (χ4v) is 0.961. The normalized spacial score (nSPS) is 12.8. The lowest BCUT2D eigenvalue weighted by atomic mass is 9.74. The maximum atomic E-state index is 4.11. The average Bonchev–Trinajstić information content (AvgIpc) is 2.01. The summed E-state index contributed by atoms with van der Waals surface area (Å²) in [4.78, 5) is 0. The third-order valence-electron chi connectivity index (χ3n) is 3.05. The second kappa shape index (κ2) is 4.38. The smallest absolute Gasteiger partial charge is 0.0577 e. The summed E-state index contributed by atoms with van der Waals surface area (Å²) < 4.78 is 0. The molecule has 0 fully saturated rings. The highest BCUT2D eigenvalue weighted by Crippen LogP contribution is 2.29. The van der Waals surface area contributed by atoms with Gasteiger partial charge in [0, 0.05) is 12.1 Å². The van der Waals surface area contributed by atoms with E-state index in [2.05, 4.69) is 57.5 Å². The molecule has 0 atom stereocenters. The van der Waals surface area contributed by atoms with Gasteiger partial charge in [-0.1, -0.05) is 20.4 Å². The predicted molar refractivity (Wildman–Crippen MR) is 63.0 cm³/mol. The maximum absolute atomic E-state index is 4.11. The van der Waals surface area contributed by atoms with Crippen molar-refractivity contribution in [3.63, 3.8) is 0 Å². The van der Waals surface area contributed by atoms with Gasteiger partial charge in [-0.15, -0.1) is 12.6 Å². The number of thiol groups is 1. The van der Waals surface area contributed by atoms with Crippen LogP contribution in [0.5, 0.6) is 0 Å². The SMILES string of the molecule is C=C(S)NCC(C)(C)C(C)(C)NC. The number of hydrogen-bond acceptors (Lipinski definition) is 3. The molecule has 0 aromatic carbocycles. The molecule has 0 saturated heterocycles. The van der Waals surface area contributed by atoms with Crippen LogP contribution in [0.2, 0.25) is 0 Å². The monoisotopic (exact) mass is 202 g/mol. The topological polar surface area (TPSA) is 24.1 Å². The summed E-state index contributed by atoms with van der Waals surface area (Å²) in [5.41, 5.74) is 0.233. The van der Waals surface area contributed by atoms with Gasteiger partial charge < -0.3 is 10.6 Å². The molecule has 13 heavy (non-hydrogen) atoms. The van der Waals surface area contributed by atoms with Crippen molar-refractivity contribution in [2.45, 2.75) is 33.2 Å². The van der Waals surface area contributed by atoms with Gasteiger partial charge >= 0.3 is 0 Å². The highest BCUT2D eigenvalue weighted by Gasteiger charge is 2.35. The summed E-state index contributed by atoms with van der Waals surface area (Å²) in [6.45, 7) is 13.4.